The van der Waals surface area contributed by atoms with Gasteiger partial charge in [0.05, 0.1) is 20.1 Å². The van der Waals surface area contributed by atoms with Gasteiger partial charge in [-0.15, -0.1) is 0 Å². The van der Waals surface area contributed by atoms with Crippen molar-refractivity contribution in [3.05, 3.63) is 59.7 Å². The lowest BCUT2D eigenvalue weighted by atomic mass is 9.88. The Bertz CT molecular complexity index is 906. The van der Waals surface area contributed by atoms with Crippen LogP contribution < -0.4 is 9.47 Å². The highest BCUT2D eigenvalue weighted by atomic mass is 16.5. The molecule has 2 atom stereocenters. The molecular weight excluding hydrogens is 380 g/mol. The molecule has 6 nitrogen and oxygen atoms in total. The maximum atomic E-state index is 13.3. The van der Waals surface area contributed by atoms with Crippen molar-refractivity contribution in [2.45, 2.75) is 18.8 Å². The van der Waals surface area contributed by atoms with Gasteiger partial charge in [-0.3, -0.25) is 9.59 Å². The van der Waals surface area contributed by atoms with Crippen molar-refractivity contribution in [1.82, 2.24) is 9.80 Å². The van der Waals surface area contributed by atoms with Crippen LogP contribution in [0.5, 0.6) is 11.5 Å². The summed E-state index contributed by atoms with van der Waals surface area (Å²) in [5, 5.41) is 0. The van der Waals surface area contributed by atoms with Crippen molar-refractivity contribution in [3.8, 4) is 11.5 Å². The van der Waals surface area contributed by atoms with Crippen LogP contribution >= 0.6 is 0 Å². The summed E-state index contributed by atoms with van der Waals surface area (Å²) in [6.07, 6.45) is 2.11. The van der Waals surface area contributed by atoms with Crippen LogP contribution in [0.4, 0.5) is 0 Å². The predicted octanol–water partition coefficient (Wildman–Crippen LogP) is 3.18. The molecule has 0 aromatic heterocycles. The maximum absolute atomic E-state index is 13.3. The number of methoxy groups -OCH3 is 2. The van der Waals surface area contributed by atoms with Gasteiger partial charge in [0.1, 0.15) is 11.5 Å². The third-order valence-electron chi connectivity index (χ3n) is 6.20. The summed E-state index contributed by atoms with van der Waals surface area (Å²) < 4.78 is 10.5. The van der Waals surface area contributed by atoms with Gasteiger partial charge in [0.15, 0.2) is 0 Å². The molecule has 0 radical (unpaired) electrons. The molecule has 6 heteroatoms. The molecule has 0 N–H and O–H groups in total. The van der Waals surface area contributed by atoms with E-state index < -0.39 is 0 Å². The molecule has 158 valence electrons. The topological polar surface area (TPSA) is 59.1 Å². The second kappa shape index (κ2) is 8.78. The highest BCUT2D eigenvalue weighted by Crippen LogP contribution is 2.36. The van der Waals surface area contributed by atoms with Crippen LogP contribution in [0.25, 0.3) is 0 Å². The van der Waals surface area contributed by atoms with E-state index in [-0.39, 0.29) is 23.7 Å². The second-order valence-corrected chi connectivity index (χ2v) is 7.96. The lowest BCUT2D eigenvalue weighted by Gasteiger charge is -2.24. The average Bonchev–Trinajstić information content (AvgIpc) is 3.49. The molecule has 0 aliphatic carbocycles. The first kappa shape index (κ1) is 20.3. The first-order chi connectivity index (χ1) is 14.6. The van der Waals surface area contributed by atoms with Gasteiger partial charge in [0, 0.05) is 37.7 Å². The molecule has 2 aliphatic heterocycles. The molecule has 2 heterocycles. The maximum Gasteiger partial charge on any atom is 0.254 e. The lowest BCUT2D eigenvalue weighted by Crippen LogP contribution is -2.37. The van der Waals surface area contributed by atoms with Crippen molar-refractivity contribution >= 4 is 11.8 Å². The third kappa shape index (κ3) is 3.99. The van der Waals surface area contributed by atoms with Crippen molar-refractivity contribution in [2.24, 2.45) is 5.92 Å². The van der Waals surface area contributed by atoms with Crippen LogP contribution in [-0.4, -0.2) is 62.0 Å². The molecule has 0 spiro atoms. The number of likely N-dealkylation sites (tertiary alicyclic amines) is 2. The number of hydrogen-bond acceptors (Lipinski definition) is 4. The fraction of sp³-hybridized carbons (Fsp3) is 0.417. The second-order valence-electron chi connectivity index (χ2n) is 7.96. The lowest BCUT2D eigenvalue weighted by molar-refractivity contribution is -0.134. The highest BCUT2D eigenvalue weighted by molar-refractivity contribution is 5.95. The minimum absolute atomic E-state index is 0.0291. The number of carbonyl (C=O) groups excluding carboxylic acids is 2. The molecule has 2 amide bonds. The summed E-state index contributed by atoms with van der Waals surface area (Å²) in [5.74, 6) is 1.27. The van der Waals surface area contributed by atoms with Gasteiger partial charge in [0.2, 0.25) is 5.91 Å². The summed E-state index contributed by atoms with van der Waals surface area (Å²) in [6, 6.07) is 15.0. The zero-order valence-corrected chi connectivity index (χ0v) is 17.5. The SMILES string of the molecule is COc1ccc([C@@H]2CN(C(=O)c3cccc(OC)c3)C[C@H]2C(=O)N2CCCC2)cc1. The number of ether oxygens (including phenoxy) is 2. The van der Waals surface area contributed by atoms with Gasteiger partial charge in [-0.05, 0) is 48.7 Å². The first-order valence-electron chi connectivity index (χ1n) is 10.5. The standard InChI is InChI=1S/C24H28N2O4/c1-29-19-10-8-17(9-11-19)21-15-26(16-22(21)24(28)25-12-3-4-13-25)23(27)18-6-5-7-20(14-18)30-2/h5-11,14,21-22H,3-4,12-13,15-16H2,1-2H3/t21-,22+/m0/s1. The third-order valence-corrected chi connectivity index (χ3v) is 6.20. The number of rotatable bonds is 5. The predicted molar refractivity (Wildman–Crippen MR) is 114 cm³/mol. The minimum Gasteiger partial charge on any atom is -0.497 e. The van der Waals surface area contributed by atoms with E-state index in [0.29, 0.717) is 24.4 Å². The summed E-state index contributed by atoms with van der Waals surface area (Å²) in [4.78, 5) is 30.3. The summed E-state index contributed by atoms with van der Waals surface area (Å²) in [7, 11) is 3.22. The van der Waals surface area contributed by atoms with Crippen LogP contribution in [0.15, 0.2) is 48.5 Å². The van der Waals surface area contributed by atoms with E-state index >= 15 is 0 Å². The van der Waals surface area contributed by atoms with Gasteiger partial charge >= 0.3 is 0 Å². The van der Waals surface area contributed by atoms with Crippen LogP contribution in [0.1, 0.15) is 34.7 Å². The number of carbonyl (C=O) groups is 2. The van der Waals surface area contributed by atoms with Gasteiger partial charge in [-0.2, -0.15) is 0 Å². The fourth-order valence-corrected chi connectivity index (χ4v) is 4.52. The van der Waals surface area contributed by atoms with Crippen LogP contribution in [0.2, 0.25) is 0 Å². The average molecular weight is 408 g/mol. The van der Waals surface area contributed by atoms with Gasteiger partial charge < -0.3 is 19.3 Å². The molecule has 0 bridgehead atoms. The fourth-order valence-electron chi connectivity index (χ4n) is 4.52. The Morgan fingerprint density at radius 1 is 0.867 bits per heavy atom. The van der Waals surface area contributed by atoms with E-state index in [2.05, 4.69) is 0 Å². The van der Waals surface area contributed by atoms with Crippen LogP contribution in [0, 0.1) is 5.92 Å². The molecule has 0 saturated carbocycles. The van der Waals surface area contributed by atoms with E-state index in [4.69, 9.17) is 9.47 Å². The number of hydrogen-bond donors (Lipinski definition) is 0. The Morgan fingerprint density at radius 2 is 1.57 bits per heavy atom. The zero-order chi connectivity index (χ0) is 21.1. The van der Waals surface area contributed by atoms with E-state index in [1.54, 1.807) is 26.4 Å². The summed E-state index contributed by atoms with van der Waals surface area (Å²) in [5.41, 5.74) is 1.64. The largest absolute Gasteiger partial charge is 0.497 e. The van der Waals surface area contributed by atoms with Gasteiger partial charge in [0.25, 0.3) is 5.91 Å². The minimum atomic E-state index is -0.231. The zero-order valence-electron chi connectivity index (χ0n) is 17.5. The van der Waals surface area contributed by atoms with Gasteiger partial charge in [-0.25, -0.2) is 0 Å². The normalized spacial score (nSPS) is 21.0. The van der Waals surface area contributed by atoms with Crippen molar-refractivity contribution in [2.75, 3.05) is 40.4 Å². The molecule has 2 aromatic carbocycles. The van der Waals surface area contributed by atoms with Crippen molar-refractivity contribution in [1.29, 1.82) is 0 Å². The Kier molecular flexibility index (Phi) is 5.93. The summed E-state index contributed by atoms with van der Waals surface area (Å²) in [6.45, 7) is 2.58. The smallest absolute Gasteiger partial charge is 0.254 e. The van der Waals surface area contributed by atoms with E-state index in [9.17, 15) is 9.59 Å². The Morgan fingerprint density at radius 3 is 2.23 bits per heavy atom. The number of benzene rings is 2. The number of nitrogens with zero attached hydrogens (tertiary/aromatic N) is 2. The molecule has 4 rings (SSSR count). The van der Waals surface area contributed by atoms with Gasteiger partial charge in [-0.1, -0.05) is 18.2 Å². The summed E-state index contributed by atoms with van der Waals surface area (Å²) >= 11 is 0. The monoisotopic (exact) mass is 408 g/mol. The molecule has 30 heavy (non-hydrogen) atoms. The Hall–Kier alpha value is -3.02. The van der Waals surface area contributed by atoms with Crippen LogP contribution in [0.3, 0.4) is 0 Å². The van der Waals surface area contributed by atoms with E-state index in [1.807, 2.05) is 46.2 Å². The van der Waals surface area contributed by atoms with E-state index in [1.165, 1.54) is 0 Å². The Labute approximate surface area is 177 Å². The number of amides is 2. The molecule has 2 saturated heterocycles. The molecule has 2 fully saturated rings. The van der Waals surface area contributed by atoms with Crippen LogP contribution in [-0.2, 0) is 4.79 Å². The highest BCUT2D eigenvalue weighted by Gasteiger charge is 2.42. The molecular formula is C24H28N2O4. The first-order valence-corrected chi connectivity index (χ1v) is 10.5. The van der Waals surface area contributed by atoms with Crippen molar-refractivity contribution in [3.63, 3.8) is 0 Å². The molecule has 0 unspecified atom stereocenters. The van der Waals surface area contributed by atoms with Crippen molar-refractivity contribution < 1.29 is 19.1 Å². The molecule has 2 aromatic rings. The Balaban J connectivity index is 1.60. The molecule has 2 aliphatic rings. The quantitative estimate of drug-likeness (QED) is 0.763. The van der Waals surface area contributed by atoms with E-state index in [0.717, 1.165) is 37.2 Å².